The van der Waals surface area contributed by atoms with Gasteiger partial charge in [0.05, 0.1) is 6.61 Å². The van der Waals surface area contributed by atoms with E-state index in [1.165, 1.54) is 19.2 Å². The van der Waals surface area contributed by atoms with E-state index in [-0.39, 0.29) is 25.2 Å². The largest absolute Gasteiger partial charge is 0.534 e. The van der Waals surface area contributed by atoms with E-state index in [9.17, 15) is 26.4 Å². The maximum atomic E-state index is 12.5. The monoisotopic (exact) mass is 386 g/mol. The summed E-state index contributed by atoms with van der Waals surface area (Å²) in [5.74, 6) is -1.91. The maximum absolute atomic E-state index is 12.5. The highest BCUT2D eigenvalue weighted by molar-refractivity contribution is 7.88. The highest BCUT2D eigenvalue weighted by Crippen LogP contribution is 2.34. The summed E-state index contributed by atoms with van der Waals surface area (Å²) < 4.78 is 73.8. The lowest BCUT2D eigenvalue weighted by atomic mass is 10.1. The number of halogens is 3. The second-order valence-corrected chi connectivity index (χ2v) is 6.39. The Labute approximate surface area is 142 Å². The zero-order valence-electron chi connectivity index (χ0n) is 13.2. The Hall–Kier alpha value is -2.01. The number of hydrogen-bond acceptors (Lipinski definition) is 6. The minimum absolute atomic E-state index is 0.0403. The van der Waals surface area contributed by atoms with Crippen LogP contribution in [0.25, 0.3) is 0 Å². The topological polar surface area (TPSA) is 99.1 Å². The molecule has 0 aromatic heterocycles. The Kier molecular flexibility index (Phi) is 7.49. The van der Waals surface area contributed by atoms with Crippen molar-refractivity contribution >= 4 is 16.1 Å². The van der Waals surface area contributed by atoms with Crippen molar-refractivity contribution in [1.82, 2.24) is 0 Å². The van der Waals surface area contributed by atoms with E-state index in [0.29, 0.717) is 18.6 Å². The molecule has 25 heavy (non-hydrogen) atoms. The third-order valence-corrected chi connectivity index (χ3v) is 3.83. The summed E-state index contributed by atoms with van der Waals surface area (Å²) in [7, 11) is -4.39. The zero-order chi connectivity index (χ0) is 19.1. The number of aliphatic carboxylic acids is 1. The molecule has 0 amide bonds. The predicted octanol–water partition coefficient (Wildman–Crippen LogP) is 2.35. The molecule has 0 unspecified atom stereocenters. The van der Waals surface area contributed by atoms with Gasteiger partial charge in [0.1, 0.15) is 0 Å². The van der Waals surface area contributed by atoms with Crippen LogP contribution in [0.2, 0.25) is 0 Å². The van der Waals surface area contributed by atoms with Gasteiger partial charge in [0.15, 0.2) is 11.5 Å². The van der Waals surface area contributed by atoms with Crippen molar-refractivity contribution in [2.24, 2.45) is 0 Å². The van der Waals surface area contributed by atoms with Crippen LogP contribution in [0.4, 0.5) is 13.2 Å². The van der Waals surface area contributed by atoms with E-state index in [2.05, 4.69) is 4.18 Å². The number of hydrogen-bond donors (Lipinski definition) is 1. The van der Waals surface area contributed by atoms with Crippen LogP contribution < -0.4 is 8.92 Å². The SMILES string of the molecule is COCCCOc1cc(CCC(=O)O)ccc1OS(=O)(=O)C(F)(F)F. The van der Waals surface area contributed by atoms with Crippen molar-refractivity contribution in [3.05, 3.63) is 23.8 Å². The zero-order valence-corrected chi connectivity index (χ0v) is 14.0. The van der Waals surface area contributed by atoms with Gasteiger partial charge in [0, 0.05) is 26.6 Å². The first-order valence-corrected chi connectivity index (χ1v) is 8.45. The van der Waals surface area contributed by atoms with Crippen molar-refractivity contribution in [1.29, 1.82) is 0 Å². The summed E-state index contributed by atoms with van der Waals surface area (Å²) in [4.78, 5) is 10.6. The molecule has 0 aliphatic heterocycles. The molecule has 7 nitrogen and oxygen atoms in total. The second kappa shape index (κ2) is 8.90. The second-order valence-electron chi connectivity index (χ2n) is 4.85. The van der Waals surface area contributed by atoms with Gasteiger partial charge >= 0.3 is 21.6 Å². The first-order valence-electron chi connectivity index (χ1n) is 7.04. The molecule has 1 N–H and O–H groups in total. The summed E-state index contributed by atoms with van der Waals surface area (Å²) in [6.45, 7) is 0.369. The molecule has 0 heterocycles. The van der Waals surface area contributed by atoms with Gasteiger partial charge in [-0.3, -0.25) is 4.79 Å². The van der Waals surface area contributed by atoms with Crippen LogP contribution in [0.15, 0.2) is 18.2 Å². The fourth-order valence-electron chi connectivity index (χ4n) is 1.69. The molecule has 1 rings (SSSR count). The summed E-state index contributed by atoms with van der Waals surface area (Å²) in [6, 6.07) is 3.51. The molecule has 0 aliphatic rings. The number of aryl methyl sites for hydroxylation is 1. The van der Waals surface area contributed by atoms with Crippen LogP contribution in [0, 0.1) is 0 Å². The molecular formula is C14H17F3O7S. The summed E-state index contributed by atoms with van der Waals surface area (Å²) in [6.07, 6.45) is 0.293. The van der Waals surface area contributed by atoms with E-state index in [1.807, 2.05) is 0 Å². The van der Waals surface area contributed by atoms with Crippen LogP contribution in [0.1, 0.15) is 18.4 Å². The van der Waals surface area contributed by atoms with Crippen molar-refractivity contribution < 1.29 is 45.1 Å². The average molecular weight is 386 g/mol. The number of carboxylic acid groups (broad SMARTS) is 1. The Morgan fingerprint density at radius 2 is 1.88 bits per heavy atom. The Morgan fingerprint density at radius 1 is 1.20 bits per heavy atom. The van der Waals surface area contributed by atoms with Crippen LogP contribution in [0.5, 0.6) is 11.5 Å². The first-order chi connectivity index (χ1) is 11.6. The number of carbonyl (C=O) groups is 1. The van der Waals surface area contributed by atoms with Gasteiger partial charge in [0.2, 0.25) is 0 Å². The number of ether oxygens (including phenoxy) is 2. The Bertz CT molecular complexity index is 686. The number of methoxy groups -OCH3 is 1. The molecule has 142 valence electrons. The van der Waals surface area contributed by atoms with E-state index in [4.69, 9.17) is 14.6 Å². The third kappa shape index (κ3) is 6.78. The predicted molar refractivity (Wildman–Crippen MR) is 80.0 cm³/mol. The quantitative estimate of drug-likeness (QED) is 0.374. The van der Waals surface area contributed by atoms with E-state index >= 15 is 0 Å². The van der Waals surface area contributed by atoms with Gasteiger partial charge in [-0.15, -0.1) is 0 Å². The highest BCUT2D eigenvalue weighted by Gasteiger charge is 2.48. The normalized spacial score (nSPS) is 12.0. The van der Waals surface area contributed by atoms with Crippen LogP contribution >= 0.6 is 0 Å². The number of carboxylic acids is 1. The molecule has 11 heteroatoms. The summed E-state index contributed by atoms with van der Waals surface area (Å²) >= 11 is 0. The molecule has 1 aromatic carbocycles. The molecule has 0 saturated heterocycles. The van der Waals surface area contributed by atoms with Gasteiger partial charge in [-0.25, -0.2) is 0 Å². The van der Waals surface area contributed by atoms with E-state index in [0.717, 1.165) is 6.07 Å². The van der Waals surface area contributed by atoms with E-state index < -0.39 is 27.3 Å². The van der Waals surface area contributed by atoms with Gasteiger partial charge < -0.3 is 18.8 Å². The molecule has 0 atom stereocenters. The van der Waals surface area contributed by atoms with Crippen molar-refractivity contribution in [3.8, 4) is 11.5 Å². The highest BCUT2D eigenvalue weighted by atomic mass is 32.2. The minimum atomic E-state index is -5.85. The third-order valence-electron chi connectivity index (χ3n) is 2.87. The lowest BCUT2D eigenvalue weighted by Gasteiger charge is -2.15. The van der Waals surface area contributed by atoms with Crippen LogP contribution in [-0.4, -0.2) is 45.3 Å². The number of benzene rings is 1. The number of alkyl halides is 3. The molecule has 0 aliphatic carbocycles. The average Bonchev–Trinajstić information content (AvgIpc) is 2.50. The fourth-order valence-corrected chi connectivity index (χ4v) is 2.16. The molecule has 0 saturated carbocycles. The van der Waals surface area contributed by atoms with Crippen molar-refractivity contribution in [3.63, 3.8) is 0 Å². The van der Waals surface area contributed by atoms with Gasteiger partial charge in [0.25, 0.3) is 0 Å². The lowest BCUT2D eigenvalue weighted by molar-refractivity contribution is -0.136. The summed E-state index contributed by atoms with van der Waals surface area (Å²) in [5, 5.41) is 8.67. The van der Waals surface area contributed by atoms with Crippen molar-refractivity contribution in [2.75, 3.05) is 20.3 Å². The Morgan fingerprint density at radius 3 is 2.44 bits per heavy atom. The standard InChI is InChI=1S/C14H17F3O7S/c1-22-7-2-8-23-12-9-10(4-6-13(18)19)3-5-11(12)24-25(20,21)14(15,16)17/h3,5,9H,2,4,6-8H2,1H3,(H,18,19). The first kappa shape index (κ1) is 21.0. The smallest absolute Gasteiger partial charge is 0.490 e. The summed E-state index contributed by atoms with van der Waals surface area (Å²) in [5.41, 5.74) is -5.14. The molecule has 0 spiro atoms. The van der Waals surface area contributed by atoms with E-state index in [1.54, 1.807) is 0 Å². The number of rotatable bonds is 10. The molecule has 0 radical (unpaired) electrons. The van der Waals surface area contributed by atoms with Gasteiger partial charge in [-0.1, -0.05) is 6.07 Å². The fraction of sp³-hybridized carbons (Fsp3) is 0.500. The molecular weight excluding hydrogens is 369 g/mol. The molecule has 0 bridgehead atoms. The lowest BCUT2D eigenvalue weighted by Crippen LogP contribution is -2.28. The Balaban J connectivity index is 3.02. The molecule has 1 aromatic rings. The minimum Gasteiger partial charge on any atom is -0.490 e. The van der Waals surface area contributed by atoms with Crippen LogP contribution in [0.3, 0.4) is 0 Å². The van der Waals surface area contributed by atoms with Crippen molar-refractivity contribution in [2.45, 2.75) is 24.8 Å². The maximum Gasteiger partial charge on any atom is 0.534 e. The van der Waals surface area contributed by atoms with Crippen LogP contribution in [-0.2, 0) is 26.1 Å². The van der Waals surface area contributed by atoms with Gasteiger partial charge in [-0.05, 0) is 24.1 Å². The molecule has 0 fully saturated rings. The van der Waals surface area contributed by atoms with Gasteiger partial charge in [-0.2, -0.15) is 21.6 Å².